The van der Waals surface area contributed by atoms with E-state index in [0.717, 1.165) is 12.8 Å². The molecule has 1 aromatic rings. The van der Waals surface area contributed by atoms with Gasteiger partial charge in [-0.2, -0.15) is 0 Å². The lowest BCUT2D eigenvalue weighted by molar-refractivity contribution is -0.142. The van der Waals surface area contributed by atoms with Crippen molar-refractivity contribution in [1.82, 2.24) is 10.2 Å². The summed E-state index contributed by atoms with van der Waals surface area (Å²) in [5.41, 5.74) is 0.822. The van der Waals surface area contributed by atoms with E-state index >= 15 is 0 Å². The average Bonchev–Trinajstić information content (AvgIpc) is 2.79. The fraction of sp³-hybridized carbons (Fsp3) is 0.474. The summed E-state index contributed by atoms with van der Waals surface area (Å²) in [7, 11) is 1.37. The highest BCUT2D eigenvalue weighted by Gasteiger charge is 2.32. The van der Waals surface area contributed by atoms with E-state index in [2.05, 4.69) is 15.4 Å². The quantitative estimate of drug-likeness (QED) is 0.764. The third-order valence-electron chi connectivity index (χ3n) is 5.08. The van der Waals surface area contributed by atoms with Gasteiger partial charge in [0.2, 0.25) is 11.8 Å². The molecule has 8 nitrogen and oxygen atoms in total. The molecular weight excluding hydrogens is 350 g/mol. The Labute approximate surface area is 157 Å². The molecule has 2 N–H and O–H groups in total. The van der Waals surface area contributed by atoms with Gasteiger partial charge in [-0.15, -0.1) is 0 Å². The van der Waals surface area contributed by atoms with E-state index in [9.17, 15) is 19.2 Å². The predicted octanol–water partition coefficient (Wildman–Crippen LogP) is 0.929. The SMILES string of the molecule is COC(=O)CC1CCN(C(=O)CC2NC(=O)c3ccccc3NC2=O)CC1. The zero-order chi connectivity index (χ0) is 19.4. The number of piperidine rings is 1. The van der Waals surface area contributed by atoms with Crippen molar-refractivity contribution in [2.24, 2.45) is 5.92 Å². The van der Waals surface area contributed by atoms with Crippen LogP contribution < -0.4 is 10.6 Å². The molecule has 1 aromatic carbocycles. The summed E-state index contributed by atoms with van der Waals surface area (Å²) >= 11 is 0. The molecule has 3 amide bonds. The molecule has 0 saturated carbocycles. The Morgan fingerprint density at radius 2 is 1.85 bits per heavy atom. The van der Waals surface area contributed by atoms with Crippen molar-refractivity contribution < 1.29 is 23.9 Å². The molecule has 0 radical (unpaired) electrons. The van der Waals surface area contributed by atoms with Crippen LogP contribution in [-0.2, 0) is 19.1 Å². The Morgan fingerprint density at radius 1 is 1.15 bits per heavy atom. The van der Waals surface area contributed by atoms with Crippen molar-refractivity contribution >= 4 is 29.4 Å². The van der Waals surface area contributed by atoms with Crippen LogP contribution in [0.15, 0.2) is 24.3 Å². The lowest BCUT2D eigenvalue weighted by Crippen LogP contribution is -2.47. The van der Waals surface area contributed by atoms with Crippen LogP contribution in [0.1, 0.15) is 36.0 Å². The number of hydrogen-bond donors (Lipinski definition) is 2. The van der Waals surface area contributed by atoms with Crippen LogP contribution in [0.3, 0.4) is 0 Å². The highest BCUT2D eigenvalue weighted by atomic mass is 16.5. The lowest BCUT2D eigenvalue weighted by atomic mass is 9.93. The van der Waals surface area contributed by atoms with Gasteiger partial charge in [-0.05, 0) is 30.9 Å². The molecule has 1 unspecified atom stereocenters. The molecule has 1 atom stereocenters. The molecule has 2 aliphatic heterocycles. The van der Waals surface area contributed by atoms with Crippen molar-refractivity contribution in [3.8, 4) is 0 Å². The summed E-state index contributed by atoms with van der Waals surface area (Å²) in [5.74, 6) is -0.993. The van der Waals surface area contributed by atoms with Crippen LogP contribution in [0.5, 0.6) is 0 Å². The van der Waals surface area contributed by atoms with Crippen molar-refractivity contribution in [2.75, 3.05) is 25.5 Å². The van der Waals surface area contributed by atoms with Gasteiger partial charge in [-0.25, -0.2) is 0 Å². The maximum Gasteiger partial charge on any atom is 0.305 e. The van der Waals surface area contributed by atoms with Crippen LogP contribution in [0.25, 0.3) is 0 Å². The molecule has 0 aliphatic carbocycles. The monoisotopic (exact) mass is 373 g/mol. The third-order valence-corrected chi connectivity index (χ3v) is 5.08. The first-order valence-corrected chi connectivity index (χ1v) is 9.03. The first kappa shape index (κ1) is 18.9. The van der Waals surface area contributed by atoms with E-state index in [1.165, 1.54) is 7.11 Å². The fourth-order valence-corrected chi connectivity index (χ4v) is 3.46. The number of likely N-dealkylation sites (tertiary alicyclic amines) is 1. The third kappa shape index (κ3) is 4.45. The van der Waals surface area contributed by atoms with Crippen LogP contribution >= 0.6 is 0 Å². The molecule has 1 saturated heterocycles. The van der Waals surface area contributed by atoms with Gasteiger partial charge in [-0.1, -0.05) is 12.1 Å². The number of para-hydroxylation sites is 1. The molecule has 0 spiro atoms. The van der Waals surface area contributed by atoms with E-state index in [-0.39, 0.29) is 30.1 Å². The molecule has 3 rings (SSSR count). The normalized spacial score (nSPS) is 20.2. The summed E-state index contributed by atoms with van der Waals surface area (Å²) in [6.07, 6.45) is 1.70. The van der Waals surface area contributed by atoms with Crippen LogP contribution in [0, 0.1) is 5.92 Å². The number of amides is 3. The summed E-state index contributed by atoms with van der Waals surface area (Å²) in [5, 5.41) is 5.34. The summed E-state index contributed by atoms with van der Waals surface area (Å²) in [6, 6.07) is 5.82. The van der Waals surface area contributed by atoms with Gasteiger partial charge in [-0.3, -0.25) is 19.2 Å². The maximum absolute atomic E-state index is 12.6. The standard InChI is InChI=1S/C19H23N3O5/c1-27-17(24)10-12-6-8-22(9-7-12)16(23)11-15-19(26)20-14-5-3-2-4-13(14)18(25)21-15/h2-5,12,15H,6-11H2,1H3,(H,20,26)(H,21,25). The number of hydrogen-bond acceptors (Lipinski definition) is 5. The van der Waals surface area contributed by atoms with Gasteiger partial charge in [0.15, 0.2) is 0 Å². The summed E-state index contributed by atoms with van der Waals surface area (Å²) in [6.45, 7) is 1.06. The zero-order valence-corrected chi connectivity index (χ0v) is 15.2. The first-order chi connectivity index (χ1) is 13.0. The fourth-order valence-electron chi connectivity index (χ4n) is 3.46. The number of nitrogens with zero attached hydrogens (tertiary/aromatic N) is 1. The Balaban J connectivity index is 1.56. The second kappa shape index (κ2) is 8.20. The average molecular weight is 373 g/mol. The Morgan fingerprint density at radius 3 is 2.56 bits per heavy atom. The van der Waals surface area contributed by atoms with Crippen molar-refractivity contribution in [3.63, 3.8) is 0 Å². The number of rotatable bonds is 4. The zero-order valence-electron chi connectivity index (χ0n) is 15.2. The molecular formula is C19H23N3O5. The predicted molar refractivity (Wildman–Crippen MR) is 96.9 cm³/mol. The minimum atomic E-state index is -0.912. The molecule has 1 fully saturated rings. The second-order valence-corrected chi connectivity index (χ2v) is 6.87. The smallest absolute Gasteiger partial charge is 0.305 e. The van der Waals surface area contributed by atoms with Gasteiger partial charge < -0.3 is 20.3 Å². The molecule has 27 heavy (non-hydrogen) atoms. The van der Waals surface area contributed by atoms with E-state index in [0.29, 0.717) is 30.8 Å². The number of nitrogens with one attached hydrogen (secondary N) is 2. The van der Waals surface area contributed by atoms with Crippen molar-refractivity contribution in [3.05, 3.63) is 29.8 Å². The Kier molecular flexibility index (Phi) is 5.73. The van der Waals surface area contributed by atoms with Gasteiger partial charge >= 0.3 is 5.97 Å². The van der Waals surface area contributed by atoms with Gasteiger partial charge in [0, 0.05) is 19.5 Å². The van der Waals surface area contributed by atoms with E-state index in [1.54, 1.807) is 29.2 Å². The summed E-state index contributed by atoms with van der Waals surface area (Å²) < 4.78 is 4.68. The largest absolute Gasteiger partial charge is 0.469 e. The number of carbonyl (C=O) groups excluding carboxylic acids is 4. The van der Waals surface area contributed by atoms with E-state index < -0.39 is 11.9 Å². The van der Waals surface area contributed by atoms with Crippen molar-refractivity contribution in [1.29, 1.82) is 0 Å². The number of methoxy groups -OCH3 is 1. The minimum absolute atomic E-state index is 0.0900. The van der Waals surface area contributed by atoms with E-state index in [1.807, 2.05) is 0 Å². The minimum Gasteiger partial charge on any atom is -0.469 e. The van der Waals surface area contributed by atoms with Crippen LogP contribution in [0.2, 0.25) is 0 Å². The summed E-state index contributed by atoms with van der Waals surface area (Å²) in [4.78, 5) is 50.4. The molecule has 144 valence electrons. The highest BCUT2D eigenvalue weighted by molar-refractivity contribution is 6.10. The Bertz CT molecular complexity index is 755. The number of esters is 1. The maximum atomic E-state index is 12.6. The van der Waals surface area contributed by atoms with Crippen LogP contribution in [-0.4, -0.2) is 54.8 Å². The molecule has 2 heterocycles. The molecule has 8 heteroatoms. The topological polar surface area (TPSA) is 105 Å². The number of benzene rings is 1. The van der Waals surface area contributed by atoms with E-state index in [4.69, 9.17) is 0 Å². The van der Waals surface area contributed by atoms with Crippen LogP contribution in [0.4, 0.5) is 5.69 Å². The first-order valence-electron chi connectivity index (χ1n) is 9.03. The number of ether oxygens (including phenoxy) is 1. The molecule has 0 bridgehead atoms. The van der Waals surface area contributed by atoms with Crippen molar-refractivity contribution in [2.45, 2.75) is 31.7 Å². The number of carbonyl (C=O) groups is 4. The highest BCUT2D eigenvalue weighted by Crippen LogP contribution is 2.23. The Hall–Kier alpha value is -2.90. The molecule has 0 aromatic heterocycles. The molecule has 2 aliphatic rings. The number of fused-ring (bicyclic) bond motifs is 1. The number of anilines is 1. The van der Waals surface area contributed by atoms with Gasteiger partial charge in [0.05, 0.1) is 24.8 Å². The van der Waals surface area contributed by atoms with Gasteiger partial charge in [0.1, 0.15) is 6.04 Å². The lowest BCUT2D eigenvalue weighted by Gasteiger charge is -2.32. The van der Waals surface area contributed by atoms with Gasteiger partial charge in [0.25, 0.3) is 5.91 Å². The second-order valence-electron chi connectivity index (χ2n) is 6.87.